The Morgan fingerprint density at radius 1 is 1.25 bits per heavy atom. The Labute approximate surface area is 164 Å². The van der Waals surface area contributed by atoms with Crippen molar-refractivity contribution in [3.8, 4) is 17.3 Å². The Bertz CT molecular complexity index is 908. The van der Waals surface area contributed by atoms with Crippen LogP contribution in [0.5, 0.6) is 11.5 Å². The summed E-state index contributed by atoms with van der Waals surface area (Å²) in [6.45, 7) is 4.60. The lowest BCUT2D eigenvalue weighted by Crippen LogP contribution is -2.26. The summed E-state index contributed by atoms with van der Waals surface area (Å²) in [5, 5.41) is 7.11. The van der Waals surface area contributed by atoms with E-state index in [9.17, 15) is 4.79 Å². The fourth-order valence-electron chi connectivity index (χ4n) is 2.71. The zero-order valence-electron chi connectivity index (χ0n) is 16.3. The van der Waals surface area contributed by atoms with Gasteiger partial charge in [0.1, 0.15) is 0 Å². The molecule has 146 valence electrons. The molecular weight excluding hydrogens is 356 g/mol. The van der Waals surface area contributed by atoms with Crippen LogP contribution in [-0.4, -0.2) is 34.4 Å². The lowest BCUT2D eigenvalue weighted by atomic mass is 10.1. The highest BCUT2D eigenvalue weighted by molar-refractivity contribution is 5.94. The fourth-order valence-corrected chi connectivity index (χ4v) is 2.71. The highest BCUT2D eigenvalue weighted by Gasteiger charge is 2.15. The molecule has 7 heteroatoms. The maximum Gasteiger partial charge on any atom is 0.253 e. The maximum atomic E-state index is 12.6. The van der Waals surface area contributed by atoms with Gasteiger partial charge in [-0.2, -0.15) is 5.10 Å². The number of carbonyl (C=O) groups excluding carboxylic acids is 1. The van der Waals surface area contributed by atoms with Gasteiger partial charge in [-0.3, -0.25) is 4.79 Å². The van der Waals surface area contributed by atoms with Crippen LogP contribution < -0.4 is 14.8 Å². The Morgan fingerprint density at radius 3 is 2.75 bits per heavy atom. The molecule has 1 N–H and O–H groups in total. The third kappa shape index (κ3) is 4.49. The van der Waals surface area contributed by atoms with E-state index >= 15 is 0 Å². The van der Waals surface area contributed by atoms with Crippen molar-refractivity contribution < 1.29 is 14.3 Å². The van der Waals surface area contributed by atoms with Crippen molar-refractivity contribution in [1.82, 2.24) is 20.1 Å². The van der Waals surface area contributed by atoms with Crippen molar-refractivity contribution in [3.63, 3.8) is 0 Å². The van der Waals surface area contributed by atoms with E-state index in [1.165, 1.54) is 0 Å². The zero-order valence-corrected chi connectivity index (χ0v) is 16.3. The highest BCUT2D eigenvalue weighted by atomic mass is 16.5. The molecule has 0 fully saturated rings. The second kappa shape index (κ2) is 9.03. The number of methoxy groups -OCH3 is 1. The second-order valence-electron chi connectivity index (χ2n) is 6.31. The molecule has 3 aromatic rings. The van der Waals surface area contributed by atoms with Gasteiger partial charge in [0.05, 0.1) is 25.3 Å². The Hall–Kier alpha value is -3.35. The molecule has 28 heavy (non-hydrogen) atoms. The highest BCUT2D eigenvalue weighted by Crippen LogP contribution is 2.30. The van der Waals surface area contributed by atoms with Gasteiger partial charge in [-0.15, -0.1) is 0 Å². The topological polar surface area (TPSA) is 78.3 Å². The van der Waals surface area contributed by atoms with Gasteiger partial charge in [-0.25, -0.2) is 9.67 Å². The average Bonchev–Trinajstić information content (AvgIpc) is 3.27. The van der Waals surface area contributed by atoms with E-state index in [0.717, 1.165) is 12.0 Å². The molecule has 0 spiro atoms. The van der Waals surface area contributed by atoms with Gasteiger partial charge in [0.15, 0.2) is 17.3 Å². The normalized spacial score (nSPS) is 11.7. The summed E-state index contributed by atoms with van der Waals surface area (Å²) >= 11 is 0. The van der Waals surface area contributed by atoms with Crippen molar-refractivity contribution in [1.29, 1.82) is 0 Å². The number of carbonyl (C=O) groups is 1. The second-order valence-corrected chi connectivity index (χ2v) is 6.31. The summed E-state index contributed by atoms with van der Waals surface area (Å²) in [5.74, 6) is 1.81. The molecule has 0 aliphatic carbocycles. The molecular formula is C21H24N4O3. The Kier molecular flexibility index (Phi) is 6.26. The van der Waals surface area contributed by atoms with E-state index in [-0.39, 0.29) is 11.9 Å². The SMILES string of the molecule is CCCOc1ccc(C(C)NC(=O)c2ccc(-n3cccn3)nc2)cc1OC. The van der Waals surface area contributed by atoms with Crippen molar-refractivity contribution in [2.45, 2.75) is 26.3 Å². The van der Waals surface area contributed by atoms with Gasteiger partial charge in [-0.05, 0) is 49.2 Å². The molecule has 0 saturated carbocycles. The van der Waals surface area contributed by atoms with Crippen molar-refractivity contribution in [3.05, 3.63) is 66.1 Å². The summed E-state index contributed by atoms with van der Waals surface area (Å²) in [6, 6.07) is 10.8. The molecule has 3 rings (SSSR count). The molecule has 0 bridgehead atoms. The van der Waals surface area contributed by atoms with E-state index in [4.69, 9.17) is 9.47 Å². The van der Waals surface area contributed by atoms with Crippen LogP contribution in [0.2, 0.25) is 0 Å². The van der Waals surface area contributed by atoms with Crippen LogP contribution in [-0.2, 0) is 0 Å². The number of ether oxygens (including phenoxy) is 2. The van der Waals surface area contributed by atoms with Crippen LogP contribution in [0.1, 0.15) is 42.2 Å². The van der Waals surface area contributed by atoms with Gasteiger partial charge in [0, 0.05) is 18.6 Å². The van der Waals surface area contributed by atoms with E-state index in [1.54, 1.807) is 42.5 Å². The predicted octanol–water partition coefficient (Wildman–Crippen LogP) is 3.56. The number of hydrogen-bond acceptors (Lipinski definition) is 5. The molecule has 7 nitrogen and oxygen atoms in total. The molecule has 1 atom stereocenters. The largest absolute Gasteiger partial charge is 0.493 e. The monoisotopic (exact) mass is 380 g/mol. The van der Waals surface area contributed by atoms with Gasteiger partial charge in [0.25, 0.3) is 5.91 Å². The smallest absolute Gasteiger partial charge is 0.253 e. The molecule has 2 aromatic heterocycles. The van der Waals surface area contributed by atoms with Gasteiger partial charge >= 0.3 is 0 Å². The minimum atomic E-state index is -0.201. The first-order valence-electron chi connectivity index (χ1n) is 9.20. The summed E-state index contributed by atoms with van der Waals surface area (Å²) < 4.78 is 12.7. The van der Waals surface area contributed by atoms with Crippen LogP contribution in [0.15, 0.2) is 55.0 Å². The number of amides is 1. The number of rotatable bonds is 8. The fraction of sp³-hybridized carbons (Fsp3) is 0.286. The number of nitrogens with one attached hydrogen (secondary N) is 1. The van der Waals surface area contributed by atoms with Crippen LogP contribution in [0, 0.1) is 0 Å². The predicted molar refractivity (Wildman–Crippen MR) is 106 cm³/mol. The summed E-state index contributed by atoms with van der Waals surface area (Å²) in [7, 11) is 1.61. The van der Waals surface area contributed by atoms with E-state index in [0.29, 0.717) is 29.5 Å². The van der Waals surface area contributed by atoms with E-state index < -0.39 is 0 Å². The molecule has 0 radical (unpaired) electrons. The number of hydrogen-bond donors (Lipinski definition) is 1. The van der Waals surface area contributed by atoms with Crippen LogP contribution in [0.4, 0.5) is 0 Å². The van der Waals surface area contributed by atoms with Crippen LogP contribution in [0.25, 0.3) is 5.82 Å². The Balaban J connectivity index is 1.68. The number of pyridine rings is 1. The molecule has 1 amide bonds. The molecule has 2 heterocycles. The first-order valence-corrected chi connectivity index (χ1v) is 9.20. The van der Waals surface area contributed by atoms with E-state index in [1.807, 2.05) is 31.2 Å². The molecule has 0 aliphatic heterocycles. The first kappa shape index (κ1) is 19.4. The lowest BCUT2D eigenvalue weighted by molar-refractivity contribution is 0.0939. The Morgan fingerprint density at radius 2 is 2.11 bits per heavy atom. The maximum absolute atomic E-state index is 12.6. The summed E-state index contributed by atoms with van der Waals surface area (Å²) in [4.78, 5) is 16.9. The lowest BCUT2D eigenvalue weighted by Gasteiger charge is -2.17. The third-order valence-electron chi connectivity index (χ3n) is 4.25. The number of nitrogens with zero attached hydrogens (tertiary/aromatic N) is 3. The molecule has 0 aliphatic rings. The van der Waals surface area contributed by atoms with Gasteiger partial charge < -0.3 is 14.8 Å². The summed E-state index contributed by atoms with van der Waals surface area (Å²) in [5.41, 5.74) is 1.41. The summed E-state index contributed by atoms with van der Waals surface area (Å²) in [6.07, 6.45) is 5.94. The van der Waals surface area contributed by atoms with Crippen molar-refractivity contribution in [2.24, 2.45) is 0 Å². The van der Waals surface area contributed by atoms with E-state index in [2.05, 4.69) is 22.3 Å². The third-order valence-corrected chi connectivity index (χ3v) is 4.25. The van der Waals surface area contributed by atoms with Gasteiger partial charge in [0.2, 0.25) is 0 Å². The van der Waals surface area contributed by atoms with Crippen molar-refractivity contribution in [2.75, 3.05) is 13.7 Å². The number of benzene rings is 1. The minimum Gasteiger partial charge on any atom is -0.493 e. The molecule has 0 saturated heterocycles. The molecule has 1 unspecified atom stereocenters. The first-order chi connectivity index (χ1) is 13.6. The molecule has 1 aromatic carbocycles. The minimum absolute atomic E-state index is 0.197. The average molecular weight is 380 g/mol. The van der Waals surface area contributed by atoms with Crippen LogP contribution in [0.3, 0.4) is 0 Å². The zero-order chi connectivity index (χ0) is 19.9. The standard InChI is InChI=1S/C21H24N4O3/c1-4-12-28-18-8-6-16(13-19(18)27-3)15(2)24-21(26)17-7-9-20(22-14-17)25-11-5-10-23-25/h5-11,13-15H,4,12H2,1-3H3,(H,24,26). The van der Waals surface area contributed by atoms with Crippen LogP contribution >= 0.6 is 0 Å². The quantitative estimate of drug-likeness (QED) is 0.646. The van der Waals surface area contributed by atoms with Crippen molar-refractivity contribution >= 4 is 5.91 Å². The number of aromatic nitrogens is 3. The van der Waals surface area contributed by atoms with Gasteiger partial charge in [-0.1, -0.05) is 13.0 Å².